The quantitative estimate of drug-likeness (QED) is 0.211. The molecule has 13 heteroatoms. The molecule has 0 aromatic heterocycles. The Morgan fingerprint density at radius 2 is 1.19 bits per heavy atom. The minimum Gasteiger partial charge on any atom is -0.480 e. The molecule has 0 bridgehead atoms. The lowest BCUT2D eigenvalue weighted by atomic mass is 10.2. The number of carboxylic acid groups (broad SMARTS) is 2. The van der Waals surface area contributed by atoms with Gasteiger partial charge in [-0.25, -0.2) is 4.79 Å². The maximum atomic E-state index is 11.8. The first-order valence-corrected chi connectivity index (χ1v) is 7.54. The molecular weight excluding hydrogens is 372 g/mol. The lowest BCUT2D eigenvalue weighted by Crippen LogP contribution is -2.37. The van der Waals surface area contributed by atoms with Crippen LogP contribution in [0.25, 0.3) is 0 Å². The number of hydrogen-bond acceptors (Lipinski definition) is 11. The summed E-state index contributed by atoms with van der Waals surface area (Å²) in [5.41, 5.74) is 10.2. The summed E-state index contributed by atoms with van der Waals surface area (Å²) < 4.78 is 13.6. The Morgan fingerprint density at radius 1 is 0.778 bits per heavy atom. The Labute approximate surface area is 152 Å². The van der Waals surface area contributed by atoms with Crippen LogP contribution in [-0.2, 0) is 43.0 Å². The second-order valence-electron chi connectivity index (χ2n) is 5.09. The summed E-state index contributed by atoms with van der Waals surface area (Å²) in [7, 11) is 0. The van der Waals surface area contributed by atoms with E-state index in [9.17, 15) is 28.8 Å². The van der Waals surface area contributed by atoms with Gasteiger partial charge < -0.3 is 35.9 Å². The summed E-state index contributed by atoms with van der Waals surface area (Å²) >= 11 is 0. The number of carboxylic acids is 2. The molecule has 152 valence electrons. The summed E-state index contributed by atoms with van der Waals surface area (Å²) in [6, 6.07) is -3.16. The van der Waals surface area contributed by atoms with Crippen molar-refractivity contribution in [3.8, 4) is 0 Å². The van der Waals surface area contributed by atoms with Crippen LogP contribution >= 0.6 is 0 Å². The molecule has 0 fully saturated rings. The number of nitrogens with two attached hydrogens (primary N) is 2. The fraction of sp³-hybridized carbons (Fsp3) is 0.571. The van der Waals surface area contributed by atoms with Crippen molar-refractivity contribution < 1.29 is 53.2 Å². The lowest BCUT2D eigenvalue weighted by molar-refractivity contribution is -0.174. The average Bonchev–Trinajstić information content (AvgIpc) is 2.53. The van der Waals surface area contributed by atoms with Crippen molar-refractivity contribution in [1.29, 1.82) is 0 Å². The van der Waals surface area contributed by atoms with E-state index in [-0.39, 0.29) is 6.61 Å². The summed E-state index contributed by atoms with van der Waals surface area (Å²) in [6.07, 6.45) is -4.01. The van der Waals surface area contributed by atoms with Gasteiger partial charge in [-0.15, -0.1) is 0 Å². The molecule has 3 atom stereocenters. The molecular formula is C14H20N2O11. The number of esters is 4. The number of carbonyl (C=O) groups is 6. The van der Waals surface area contributed by atoms with E-state index in [0.29, 0.717) is 0 Å². The zero-order valence-electron chi connectivity index (χ0n) is 14.3. The molecule has 6 N–H and O–H groups in total. The number of ether oxygens (including phenoxy) is 3. The molecule has 0 spiro atoms. The van der Waals surface area contributed by atoms with Crippen molar-refractivity contribution in [2.75, 3.05) is 6.61 Å². The third kappa shape index (κ3) is 9.98. The van der Waals surface area contributed by atoms with Gasteiger partial charge in [0.25, 0.3) is 0 Å². The predicted octanol–water partition coefficient (Wildman–Crippen LogP) is -2.47. The molecule has 0 rings (SSSR count). The molecule has 0 aliphatic rings. The van der Waals surface area contributed by atoms with E-state index in [2.05, 4.69) is 9.47 Å². The van der Waals surface area contributed by atoms with Crippen LogP contribution in [0.1, 0.15) is 26.2 Å². The lowest BCUT2D eigenvalue weighted by Gasteiger charge is -2.15. The van der Waals surface area contributed by atoms with Gasteiger partial charge in [0, 0.05) is 6.61 Å². The van der Waals surface area contributed by atoms with Crippen molar-refractivity contribution in [3.05, 3.63) is 0 Å². The van der Waals surface area contributed by atoms with Gasteiger partial charge in [0.15, 0.2) is 6.10 Å². The van der Waals surface area contributed by atoms with Gasteiger partial charge in [-0.1, -0.05) is 0 Å². The van der Waals surface area contributed by atoms with Crippen LogP contribution in [-0.4, -0.2) is 70.8 Å². The second-order valence-corrected chi connectivity index (χ2v) is 5.09. The zero-order chi connectivity index (χ0) is 21.1. The van der Waals surface area contributed by atoms with Gasteiger partial charge in [-0.3, -0.25) is 24.0 Å². The van der Waals surface area contributed by atoms with E-state index in [0.717, 1.165) is 0 Å². The van der Waals surface area contributed by atoms with E-state index < -0.39 is 73.3 Å². The molecule has 0 amide bonds. The van der Waals surface area contributed by atoms with Gasteiger partial charge in [-0.2, -0.15) is 0 Å². The fourth-order valence-electron chi connectivity index (χ4n) is 1.53. The molecule has 13 nitrogen and oxygen atoms in total. The van der Waals surface area contributed by atoms with E-state index in [4.69, 9.17) is 26.4 Å². The summed E-state index contributed by atoms with van der Waals surface area (Å²) in [4.78, 5) is 67.4. The van der Waals surface area contributed by atoms with E-state index in [1.807, 2.05) is 0 Å². The van der Waals surface area contributed by atoms with Crippen molar-refractivity contribution in [2.24, 2.45) is 11.5 Å². The molecule has 27 heavy (non-hydrogen) atoms. The van der Waals surface area contributed by atoms with Crippen molar-refractivity contribution in [3.63, 3.8) is 0 Å². The Morgan fingerprint density at radius 3 is 1.59 bits per heavy atom. The monoisotopic (exact) mass is 392 g/mol. The van der Waals surface area contributed by atoms with Crippen molar-refractivity contribution in [1.82, 2.24) is 0 Å². The highest BCUT2D eigenvalue weighted by Gasteiger charge is 2.29. The van der Waals surface area contributed by atoms with Crippen LogP contribution in [0.4, 0.5) is 0 Å². The van der Waals surface area contributed by atoms with Crippen molar-refractivity contribution in [2.45, 2.75) is 44.4 Å². The average molecular weight is 392 g/mol. The SMILES string of the molecule is CCOC(CC(=O)OC(=O)C[C@H](N)C(=O)O)C(=O)OC(=O)C[C@H](N)C(=O)O. The Balaban J connectivity index is 4.69. The molecule has 0 saturated heterocycles. The van der Waals surface area contributed by atoms with Gasteiger partial charge in [0.05, 0.1) is 19.3 Å². The number of carbonyl (C=O) groups excluding carboxylic acids is 4. The van der Waals surface area contributed by atoms with Crippen LogP contribution in [0.2, 0.25) is 0 Å². The minimum atomic E-state index is -1.62. The van der Waals surface area contributed by atoms with Crippen molar-refractivity contribution >= 4 is 35.8 Å². The Hall–Kier alpha value is -2.90. The Kier molecular flexibility index (Phi) is 10.4. The molecule has 0 saturated carbocycles. The summed E-state index contributed by atoms with van der Waals surface area (Å²) in [5.74, 6) is -8.01. The first-order chi connectivity index (χ1) is 12.5. The minimum absolute atomic E-state index is 0.0757. The van der Waals surface area contributed by atoms with Crippen LogP contribution in [0.5, 0.6) is 0 Å². The van der Waals surface area contributed by atoms with E-state index in [1.165, 1.54) is 6.92 Å². The zero-order valence-corrected chi connectivity index (χ0v) is 14.3. The summed E-state index contributed by atoms with van der Waals surface area (Å²) in [6.45, 7) is 1.39. The molecule has 0 heterocycles. The molecule has 0 aromatic carbocycles. The topological polar surface area (TPSA) is 223 Å². The van der Waals surface area contributed by atoms with Crippen LogP contribution in [0, 0.1) is 0 Å². The van der Waals surface area contributed by atoms with Gasteiger partial charge in [0.2, 0.25) is 0 Å². The summed E-state index contributed by atoms with van der Waals surface area (Å²) in [5, 5.41) is 17.1. The van der Waals surface area contributed by atoms with E-state index in [1.54, 1.807) is 0 Å². The maximum Gasteiger partial charge on any atom is 0.343 e. The fourth-order valence-corrected chi connectivity index (χ4v) is 1.53. The van der Waals surface area contributed by atoms with Crippen LogP contribution in [0.3, 0.4) is 0 Å². The smallest absolute Gasteiger partial charge is 0.343 e. The first kappa shape index (κ1) is 24.1. The van der Waals surface area contributed by atoms with Gasteiger partial charge in [-0.05, 0) is 6.92 Å². The largest absolute Gasteiger partial charge is 0.480 e. The predicted molar refractivity (Wildman–Crippen MR) is 82.7 cm³/mol. The standard InChI is InChI=1S/C14H20N2O11/c1-2-25-8(14(24)27-10(18)4-7(16)13(22)23)5-11(19)26-9(17)3-6(15)12(20)21/h6-8H,2-5,15-16H2,1H3,(H,20,21)(H,22,23)/t6-,7-,8?/m0/s1. The molecule has 0 aliphatic carbocycles. The third-order valence-corrected chi connectivity index (χ3v) is 2.83. The number of hydrogen-bond donors (Lipinski definition) is 4. The van der Waals surface area contributed by atoms with Gasteiger partial charge >= 0.3 is 35.8 Å². The third-order valence-electron chi connectivity index (χ3n) is 2.83. The highest BCUT2D eigenvalue weighted by atomic mass is 16.6. The molecule has 1 unspecified atom stereocenters. The number of rotatable bonds is 11. The first-order valence-electron chi connectivity index (χ1n) is 7.54. The second kappa shape index (κ2) is 11.7. The van der Waals surface area contributed by atoms with Crippen LogP contribution in [0.15, 0.2) is 0 Å². The van der Waals surface area contributed by atoms with E-state index >= 15 is 0 Å². The highest BCUT2D eigenvalue weighted by Crippen LogP contribution is 2.07. The van der Waals surface area contributed by atoms with Crippen LogP contribution < -0.4 is 11.5 Å². The molecule has 0 aliphatic heterocycles. The number of aliphatic carboxylic acids is 2. The normalized spacial score (nSPS) is 13.7. The molecule has 0 aromatic rings. The molecule has 0 radical (unpaired) electrons. The van der Waals surface area contributed by atoms with Gasteiger partial charge in [0.1, 0.15) is 12.1 Å². The maximum absolute atomic E-state index is 11.8. The highest BCUT2D eigenvalue weighted by molar-refractivity contribution is 5.94. The Bertz CT molecular complexity index is 604.